The number of thioether (sulfide) groups is 1. The van der Waals surface area contributed by atoms with Gasteiger partial charge in [0.1, 0.15) is 12.4 Å². The number of rotatable bonds is 7. The summed E-state index contributed by atoms with van der Waals surface area (Å²) >= 11 is 1.38. The topological polar surface area (TPSA) is 90.1 Å². The van der Waals surface area contributed by atoms with E-state index in [0.29, 0.717) is 22.2 Å². The van der Waals surface area contributed by atoms with E-state index in [1.165, 1.54) is 18.7 Å². The molecule has 2 aromatic rings. The smallest absolute Gasteiger partial charge is 0.209 e. The Kier molecular flexibility index (Phi) is 5.95. The Hall–Kier alpha value is -1.93. The van der Waals surface area contributed by atoms with E-state index in [1.54, 1.807) is 28.9 Å². The highest BCUT2D eigenvalue weighted by molar-refractivity contribution is 7.99. The molecule has 8 heteroatoms. The van der Waals surface area contributed by atoms with E-state index in [9.17, 15) is 9.90 Å². The molecule has 0 bridgehead atoms. The zero-order valence-electron chi connectivity index (χ0n) is 14.3. The van der Waals surface area contributed by atoms with Crippen LogP contribution >= 0.6 is 11.8 Å². The number of ketones is 1. The van der Waals surface area contributed by atoms with Crippen molar-refractivity contribution in [3.63, 3.8) is 0 Å². The number of hydrogen-bond donors (Lipinski definition) is 1. The number of carbonyl (C=O) groups is 1. The minimum absolute atomic E-state index is 0.00885. The Morgan fingerprint density at radius 1 is 1.33 bits per heavy atom. The van der Waals surface area contributed by atoms with Crippen molar-refractivity contribution in [1.82, 2.24) is 20.2 Å². The summed E-state index contributed by atoms with van der Waals surface area (Å²) in [5.41, 5.74) is 0.415. The molecule has 1 aromatic carbocycles. The van der Waals surface area contributed by atoms with E-state index < -0.39 is 6.10 Å². The Morgan fingerprint density at radius 2 is 2.00 bits per heavy atom. The Labute approximate surface area is 145 Å². The minimum Gasteiger partial charge on any atom is -0.491 e. The summed E-state index contributed by atoms with van der Waals surface area (Å²) in [5, 5.41) is 22.4. The van der Waals surface area contributed by atoms with Crippen LogP contribution in [0.5, 0.6) is 5.75 Å². The highest BCUT2D eigenvalue weighted by atomic mass is 32.2. The lowest BCUT2D eigenvalue weighted by Gasteiger charge is -2.19. The van der Waals surface area contributed by atoms with Crippen LogP contribution in [0.25, 0.3) is 0 Å². The first kappa shape index (κ1) is 18.4. The number of nitrogens with zero attached hydrogens (tertiary/aromatic N) is 4. The van der Waals surface area contributed by atoms with E-state index in [2.05, 4.69) is 15.5 Å². The van der Waals surface area contributed by atoms with Crippen LogP contribution in [0.3, 0.4) is 0 Å². The van der Waals surface area contributed by atoms with Crippen molar-refractivity contribution in [2.75, 3.05) is 12.4 Å². The fraction of sp³-hybridized carbons (Fsp3) is 0.500. The molecule has 0 saturated carbocycles. The molecule has 130 valence electrons. The van der Waals surface area contributed by atoms with Gasteiger partial charge in [-0.15, -0.1) is 5.10 Å². The molecule has 1 N–H and O–H groups in total. The first-order valence-electron chi connectivity index (χ1n) is 7.61. The van der Waals surface area contributed by atoms with Gasteiger partial charge in [-0.25, -0.2) is 4.68 Å². The zero-order chi connectivity index (χ0) is 17.7. The van der Waals surface area contributed by atoms with Crippen molar-refractivity contribution in [2.24, 2.45) is 0 Å². The number of aromatic nitrogens is 4. The van der Waals surface area contributed by atoms with Crippen LogP contribution in [0.4, 0.5) is 0 Å². The largest absolute Gasteiger partial charge is 0.491 e. The average Bonchev–Trinajstić information content (AvgIpc) is 3.00. The number of carbonyl (C=O) groups excluding carboxylic acids is 1. The second-order valence-corrected chi connectivity index (χ2v) is 7.39. The van der Waals surface area contributed by atoms with Crippen LogP contribution in [0.15, 0.2) is 29.4 Å². The van der Waals surface area contributed by atoms with Gasteiger partial charge in [-0.3, -0.25) is 4.79 Å². The van der Waals surface area contributed by atoms with E-state index in [1.807, 2.05) is 20.8 Å². The molecule has 2 rings (SSSR count). The maximum atomic E-state index is 11.2. The fourth-order valence-electron chi connectivity index (χ4n) is 1.89. The number of hydrogen-bond acceptors (Lipinski definition) is 7. The molecule has 1 aromatic heterocycles. The van der Waals surface area contributed by atoms with Gasteiger partial charge in [0, 0.05) is 11.3 Å². The summed E-state index contributed by atoms with van der Waals surface area (Å²) in [4.78, 5) is 11.2. The molecule has 0 spiro atoms. The van der Waals surface area contributed by atoms with Crippen LogP contribution in [-0.4, -0.2) is 49.6 Å². The maximum Gasteiger partial charge on any atom is 0.209 e. The summed E-state index contributed by atoms with van der Waals surface area (Å²) in [5.74, 6) is 1.04. The number of aliphatic hydroxyl groups excluding tert-OH is 1. The first-order valence-corrected chi connectivity index (χ1v) is 8.59. The minimum atomic E-state index is -0.660. The molecule has 1 atom stereocenters. The van der Waals surface area contributed by atoms with Gasteiger partial charge in [0.25, 0.3) is 0 Å². The van der Waals surface area contributed by atoms with Gasteiger partial charge in [0.05, 0.1) is 11.6 Å². The SMILES string of the molecule is CC(=O)c1ccc(OC[C@H](O)CSc2nnnn2C(C)(C)C)cc1. The summed E-state index contributed by atoms with van der Waals surface area (Å²) in [6, 6.07) is 6.85. The number of Topliss-reactive ketones (excluding diaryl/α,β-unsaturated/α-hetero) is 1. The third kappa shape index (κ3) is 5.04. The predicted molar refractivity (Wildman–Crippen MR) is 91.5 cm³/mol. The van der Waals surface area contributed by atoms with Crippen LogP contribution in [0.2, 0.25) is 0 Å². The van der Waals surface area contributed by atoms with Crippen molar-refractivity contribution in [2.45, 2.75) is 44.5 Å². The van der Waals surface area contributed by atoms with Gasteiger partial charge in [-0.2, -0.15) is 0 Å². The molecule has 0 unspecified atom stereocenters. The second kappa shape index (κ2) is 7.76. The van der Waals surface area contributed by atoms with Gasteiger partial charge in [0.2, 0.25) is 5.16 Å². The third-order valence-electron chi connectivity index (χ3n) is 3.18. The zero-order valence-corrected chi connectivity index (χ0v) is 15.1. The fourth-order valence-corrected chi connectivity index (χ4v) is 2.85. The molecular weight excluding hydrogens is 328 g/mol. The van der Waals surface area contributed by atoms with Gasteiger partial charge in [-0.1, -0.05) is 11.8 Å². The maximum absolute atomic E-state index is 11.2. The summed E-state index contributed by atoms with van der Waals surface area (Å²) in [6.45, 7) is 7.71. The predicted octanol–water partition coefficient (Wildman–Crippen LogP) is 2.16. The van der Waals surface area contributed by atoms with Crippen LogP contribution < -0.4 is 4.74 Å². The summed E-state index contributed by atoms with van der Waals surface area (Å²) < 4.78 is 7.26. The molecule has 0 radical (unpaired) electrons. The molecule has 0 aliphatic rings. The third-order valence-corrected chi connectivity index (χ3v) is 4.25. The Balaban J connectivity index is 1.83. The van der Waals surface area contributed by atoms with Gasteiger partial charge >= 0.3 is 0 Å². The number of benzene rings is 1. The number of ether oxygens (including phenoxy) is 1. The van der Waals surface area contributed by atoms with Gasteiger partial charge in [-0.05, 0) is 62.4 Å². The molecule has 7 nitrogen and oxygen atoms in total. The van der Waals surface area contributed by atoms with Crippen molar-refractivity contribution >= 4 is 17.5 Å². The van der Waals surface area contributed by atoms with Crippen LogP contribution in [0.1, 0.15) is 38.1 Å². The average molecular weight is 350 g/mol. The van der Waals surface area contributed by atoms with Crippen molar-refractivity contribution in [1.29, 1.82) is 0 Å². The number of aliphatic hydroxyl groups is 1. The quantitative estimate of drug-likeness (QED) is 0.604. The Bertz CT molecular complexity index is 679. The Morgan fingerprint density at radius 3 is 2.58 bits per heavy atom. The molecule has 0 saturated heterocycles. The van der Waals surface area contributed by atoms with E-state index in [0.717, 1.165) is 0 Å². The van der Waals surface area contributed by atoms with Gasteiger partial charge < -0.3 is 9.84 Å². The summed E-state index contributed by atoms with van der Waals surface area (Å²) in [6.07, 6.45) is -0.660. The molecule has 0 aliphatic heterocycles. The van der Waals surface area contributed by atoms with Crippen LogP contribution in [-0.2, 0) is 5.54 Å². The second-order valence-electron chi connectivity index (χ2n) is 6.40. The van der Waals surface area contributed by atoms with Crippen molar-refractivity contribution in [3.8, 4) is 5.75 Å². The summed E-state index contributed by atoms with van der Waals surface area (Å²) in [7, 11) is 0. The lowest BCUT2D eigenvalue weighted by atomic mass is 10.1. The highest BCUT2D eigenvalue weighted by Crippen LogP contribution is 2.22. The van der Waals surface area contributed by atoms with Crippen LogP contribution in [0, 0.1) is 0 Å². The monoisotopic (exact) mass is 350 g/mol. The molecule has 0 amide bonds. The van der Waals surface area contributed by atoms with Gasteiger partial charge in [0.15, 0.2) is 5.78 Å². The lowest BCUT2D eigenvalue weighted by Crippen LogP contribution is -2.25. The van der Waals surface area contributed by atoms with Crippen molar-refractivity contribution in [3.05, 3.63) is 29.8 Å². The van der Waals surface area contributed by atoms with E-state index in [4.69, 9.17) is 4.74 Å². The number of tetrazole rings is 1. The first-order chi connectivity index (χ1) is 11.3. The van der Waals surface area contributed by atoms with E-state index in [-0.39, 0.29) is 17.9 Å². The molecule has 24 heavy (non-hydrogen) atoms. The molecule has 0 aliphatic carbocycles. The molecule has 0 fully saturated rings. The lowest BCUT2D eigenvalue weighted by molar-refractivity contribution is 0.101. The highest BCUT2D eigenvalue weighted by Gasteiger charge is 2.20. The standard InChI is InChI=1S/C16H22N4O3S/c1-11(21)12-5-7-14(8-6-12)23-9-13(22)10-24-15-17-18-19-20(15)16(2,3)4/h5-8,13,22H,9-10H2,1-4H3/t13-/m0/s1. The van der Waals surface area contributed by atoms with Crippen molar-refractivity contribution < 1.29 is 14.6 Å². The normalized spacial score (nSPS) is 12.9. The van der Waals surface area contributed by atoms with E-state index >= 15 is 0 Å². The molecular formula is C16H22N4O3S. The molecule has 1 heterocycles.